The summed E-state index contributed by atoms with van der Waals surface area (Å²) < 4.78 is 5.59. The summed E-state index contributed by atoms with van der Waals surface area (Å²) >= 11 is 1.64. The molecule has 3 rings (SSSR count). The minimum Gasteiger partial charge on any atom is -0.379 e. The standard InChI is InChI=1S/C15H18N2OS/c1-2-4-13(5-3-1)14-11-19-15(17-14)16-8-9-18-10-12-6-7-12/h1-5,11-12H,6-10H2,(H,16,17). The highest BCUT2D eigenvalue weighted by Crippen LogP contribution is 2.28. The molecule has 3 nitrogen and oxygen atoms in total. The first-order valence-electron chi connectivity index (χ1n) is 6.74. The number of nitrogens with zero attached hydrogens (tertiary/aromatic N) is 1. The molecule has 1 aromatic heterocycles. The van der Waals surface area contributed by atoms with Crippen LogP contribution in [0.3, 0.4) is 0 Å². The summed E-state index contributed by atoms with van der Waals surface area (Å²) in [5.41, 5.74) is 2.20. The summed E-state index contributed by atoms with van der Waals surface area (Å²) in [7, 11) is 0. The molecule has 1 saturated carbocycles. The van der Waals surface area contributed by atoms with E-state index in [-0.39, 0.29) is 0 Å². The van der Waals surface area contributed by atoms with Crippen LogP contribution in [0.1, 0.15) is 12.8 Å². The minimum atomic E-state index is 0.761. The average molecular weight is 274 g/mol. The molecule has 0 atom stereocenters. The molecular formula is C15H18N2OS. The second-order valence-corrected chi connectivity index (χ2v) is 5.71. The molecule has 19 heavy (non-hydrogen) atoms. The van der Waals surface area contributed by atoms with Crippen LogP contribution in [-0.4, -0.2) is 24.7 Å². The molecule has 0 saturated heterocycles. The lowest BCUT2D eigenvalue weighted by atomic mass is 10.2. The number of thiazole rings is 1. The summed E-state index contributed by atoms with van der Waals surface area (Å²) in [6.07, 6.45) is 2.70. The van der Waals surface area contributed by atoms with Gasteiger partial charge in [-0.2, -0.15) is 0 Å². The highest BCUT2D eigenvalue weighted by atomic mass is 32.1. The van der Waals surface area contributed by atoms with Crippen LogP contribution in [0.25, 0.3) is 11.3 Å². The minimum absolute atomic E-state index is 0.761. The van der Waals surface area contributed by atoms with E-state index in [9.17, 15) is 0 Å². The molecule has 0 unspecified atom stereocenters. The normalized spacial score (nSPS) is 14.5. The smallest absolute Gasteiger partial charge is 0.183 e. The monoisotopic (exact) mass is 274 g/mol. The van der Waals surface area contributed by atoms with Crippen LogP contribution in [-0.2, 0) is 4.74 Å². The zero-order valence-electron chi connectivity index (χ0n) is 10.8. The van der Waals surface area contributed by atoms with Crippen molar-refractivity contribution < 1.29 is 4.74 Å². The Morgan fingerprint density at radius 1 is 1.26 bits per heavy atom. The summed E-state index contributed by atoms with van der Waals surface area (Å²) in [6.45, 7) is 2.51. The van der Waals surface area contributed by atoms with Crippen molar-refractivity contribution in [1.82, 2.24) is 4.98 Å². The number of hydrogen-bond acceptors (Lipinski definition) is 4. The van der Waals surface area contributed by atoms with Crippen LogP contribution >= 0.6 is 11.3 Å². The number of anilines is 1. The molecule has 0 spiro atoms. The fraction of sp³-hybridized carbons (Fsp3) is 0.400. The van der Waals surface area contributed by atoms with Gasteiger partial charge in [0.15, 0.2) is 5.13 Å². The van der Waals surface area contributed by atoms with Crippen LogP contribution in [0.2, 0.25) is 0 Å². The fourth-order valence-electron chi connectivity index (χ4n) is 1.86. The van der Waals surface area contributed by atoms with Gasteiger partial charge in [-0.05, 0) is 18.8 Å². The third-order valence-electron chi connectivity index (χ3n) is 3.15. The van der Waals surface area contributed by atoms with E-state index in [1.54, 1.807) is 11.3 Å². The van der Waals surface area contributed by atoms with E-state index >= 15 is 0 Å². The molecule has 4 heteroatoms. The Labute approximate surface area is 117 Å². The second-order valence-electron chi connectivity index (χ2n) is 4.85. The second kappa shape index (κ2) is 6.17. The number of ether oxygens (including phenoxy) is 1. The predicted molar refractivity (Wildman–Crippen MR) is 79.6 cm³/mol. The SMILES string of the molecule is c1ccc(-c2csc(NCCOCC3CC3)n2)cc1. The molecule has 1 aliphatic rings. The molecule has 0 amide bonds. The topological polar surface area (TPSA) is 34.1 Å². The molecule has 2 aromatic rings. The van der Waals surface area contributed by atoms with Crippen LogP contribution in [0, 0.1) is 5.92 Å². The summed E-state index contributed by atoms with van der Waals surface area (Å²) in [5.74, 6) is 0.838. The highest BCUT2D eigenvalue weighted by molar-refractivity contribution is 7.14. The number of aromatic nitrogens is 1. The third kappa shape index (κ3) is 3.78. The van der Waals surface area contributed by atoms with Gasteiger partial charge in [0.05, 0.1) is 12.3 Å². The highest BCUT2D eigenvalue weighted by Gasteiger charge is 2.20. The molecule has 1 aromatic carbocycles. The van der Waals surface area contributed by atoms with Crippen molar-refractivity contribution in [1.29, 1.82) is 0 Å². The summed E-state index contributed by atoms with van der Waals surface area (Å²) in [5, 5.41) is 6.36. The van der Waals surface area contributed by atoms with Crippen molar-refractivity contribution >= 4 is 16.5 Å². The molecule has 1 N–H and O–H groups in total. The van der Waals surface area contributed by atoms with Crippen LogP contribution in [0.15, 0.2) is 35.7 Å². The number of benzene rings is 1. The lowest BCUT2D eigenvalue weighted by molar-refractivity contribution is 0.134. The molecular weight excluding hydrogens is 256 g/mol. The van der Waals surface area contributed by atoms with Crippen LogP contribution in [0.5, 0.6) is 0 Å². The van der Waals surface area contributed by atoms with Gasteiger partial charge in [0.25, 0.3) is 0 Å². The van der Waals surface area contributed by atoms with Crippen LogP contribution in [0.4, 0.5) is 5.13 Å². The van der Waals surface area contributed by atoms with E-state index in [1.807, 2.05) is 18.2 Å². The Balaban J connectivity index is 1.45. The molecule has 1 fully saturated rings. The largest absolute Gasteiger partial charge is 0.379 e. The molecule has 0 bridgehead atoms. The predicted octanol–water partition coefficient (Wildman–Crippen LogP) is 3.65. The summed E-state index contributed by atoms with van der Waals surface area (Å²) in [6, 6.07) is 10.3. The summed E-state index contributed by atoms with van der Waals surface area (Å²) in [4.78, 5) is 4.58. The van der Waals surface area contributed by atoms with E-state index in [2.05, 4.69) is 27.8 Å². The average Bonchev–Trinajstić information content (AvgIpc) is 3.16. The zero-order valence-corrected chi connectivity index (χ0v) is 11.7. The van der Waals surface area contributed by atoms with Gasteiger partial charge in [-0.15, -0.1) is 11.3 Å². The number of nitrogens with one attached hydrogen (secondary N) is 1. The Hall–Kier alpha value is -1.39. The van der Waals surface area contributed by atoms with Gasteiger partial charge in [-0.3, -0.25) is 0 Å². The van der Waals surface area contributed by atoms with Crippen molar-refractivity contribution in [3.63, 3.8) is 0 Å². The quantitative estimate of drug-likeness (QED) is 0.783. The first kappa shape index (κ1) is 12.6. The Kier molecular flexibility index (Phi) is 4.10. The molecule has 100 valence electrons. The maximum atomic E-state index is 5.59. The molecule has 1 aliphatic carbocycles. The molecule has 1 heterocycles. The van der Waals surface area contributed by atoms with Gasteiger partial charge >= 0.3 is 0 Å². The first-order valence-corrected chi connectivity index (χ1v) is 7.62. The third-order valence-corrected chi connectivity index (χ3v) is 3.95. The Morgan fingerprint density at radius 2 is 2.11 bits per heavy atom. The van der Waals surface area contributed by atoms with E-state index in [1.165, 1.54) is 12.8 Å². The van der Waals surface area contributed by atoms with Crippen LogP contribution < -0.4 is 5.32 Å². The zero-order chi connectivity index (χ0) is 12.9. The maximum Gasteiger partial charge on any atom is 0.183 e. The maximum absolute atomic E-state index is 5.59. The Bertz CT molecular complexity index is 508. The number of rotatable bonds is 7. The van der Waals surface area contributed by atoms with Crippen molar-refractivity contribution in [2.75, 3.05) is 25.1 Å². The van der Waals surface area contributed by atoms with Gasteiger partial charge < -0.3 is 10.1 Å². The van der Waals surface area contributed by atoms with Crippen molar-refractivity contribution in [2.24, 2.45) is 5.92 Å². The van der Waals surface area contributed by atoms with Crippen molar-refractivity contribution in [3.05, 3.63) is 35.7 Å². The molecule has 0 radical (unpaired) electrons. The van der Waals surface area contributed by atoms with Gasteiger partial charge in [-0.25, -0.2) is 4.98 Å². The van der Waals surface area contributed by atoms with E-state index < -0.39 is 0 Å². The van der Waals surface area contributed by atoms with Crippen molar-refractivity contribution in [3.8, 4) is 11.3 Å². The lowest BCUT2D eigenvalue weighted by Crippen LogP contribution is -2.10. The van der Waals surface area contributed by atoms with Crippen molar-refractivity contribution in [2.45, 2.75) is 12.8 Å². The lowest BCUT2D eigenvalue weighted by Gasteiger charge is -2.03. The van der Waals surface area contributed by atoms with E-state index in [4.69, 9.17) is 4.74 Å². The van der Waals surface area contributed by atoms with E-state index in [0.29, 0.717) is 0 Å². The van der Waals surface area contributed by atoms with Gasteiger partial charge in [0.1, 0.15) is 0 Å². The fourth-order valence-corrected chi connectivity index (χ4v) is 2.61. The number of hydrogen-bond donors (Lipinski definition) is 1. The molecule has 0 aliphatic heterocycles. The van der Waals surface area contributed by atoms with Gasteiger partial charge in [-0.1, -0.05) is 30.3 Å². The van der Waals surface area contributed by atoms with Gasteiger partial charge in [0, 0.05) is 24.1 Å². The van der Waals surface area contributed by atoms with Gasteiger partial charge in [0.2, 0.25) is 0 Å². The Morgan fingerprint density at radius 3 is 2.89 bits per heavy atom. The van der Waals surface area contributed by atoms with E-state index in [0.717, 1.165) is 42.1 Å². The first-order chi connectivity index (χ1) is 9.42.